The van der Waals surface area contributed by atoms with Crippen molar-refractivity contribution in [2.75, 3.05) is 0 Å². The first-order valence-electron chi connectivity index (χ1n) is 6.18. The van der Waals surface area contributed by atoms with E-state index in [4.69, 9.17) is 4.74 Å². The van der Waals surface area contributed by atoms with Gasteiger partial charge in [0.05, 0.1) is 0 Å². The largest absolute Gasteiger partial charge is 0.472 e. The molecule has 2 aromatic rings. The van der Waals surface area contributed by atoms with E-state index in [1.54, 1.807) is 6.92 Å². The second kappa shape index (κ2) is 6.78. The number of aryl methyl sites for hydroxylation is 1. The molecule has 0 N–H and O–H groups in total. The molecule has 0 saturated carbocycles. The number of benzene rings is 1. The van der Waals surface area contributed by atoms with Crippen molar-refractivity contribution in [1.82, 2.24) is 4.98 Å². The van der Waals surface area contributed by atoms with Crippen LogP contribution in [0.1, 0.15) is 21.6 Å². The van der Waals surface area contributed by atoms with Crippen LogP contribution in [-0.2, 0) is 6.61 Å². The number of ether oxygens (including phenoxy) is 2. The average Bonchev–Trinajstić information content (AvgIpc) is 2.45. The SMILES string of the molecule is Cc1cc(OC(F)F)c(C=O)c(OCc2ccccc2)n1. The van der Waals surface area contributed by atoms with Gasteiger partial charge in [-0.25, -0.2) is 4.98 Å². The Labute approximate surface area is 120 Å². The first kappa shape index (κ1) is 14.9. The van der Waals surface area contributed by atoms with E-state index in [0.717, 1.165) is 5.56 Å². The molecule has 0 bridgehead atoms. The summed E-state index contributed by atoms with van der Waals surface area (Å²) >= 11 is 0. The highest BCUT2D eigenvalue weighted by molar-refractivity contribution is 5.82. The first-order valence-corrected chi connectivity index (χ1v) is 6.18. The normalized spacial score (nSPS) is 10.5. The number of aldehydes is 1. The van der Waals surface area contributed by atoms with Crippen molar-refractivity contribution in [3.63, 3.8) is 0 Å². The molecule has 4 nitrogen and oxygen atoms in total. The lowest BCUT2D eigenvalue weighted by Gasteiger charge is -2.12. The molecule has 0 saturated heterocycles. The van der Waals surface area contributed by atoms with E-state index in [1.807, 2.05) is 30.3 Å². The second-order valence-corrected chi connectivity index (χ2v) is 4.25. The van der Waals surface area contributed by atoms with Gasteiger partial charge < -0.3 is 9.47 Å². The second-order valence-electron chi connectivity index (χ2n) is 4.25. The molecule has 0 amide bonds. The lowest BCUT2D eigenvalue weighted by Crippen LogP contribution is -2.08. The fraction of sp³-hybridized carbons (Fsp3) is 0.200. The third-order valence-electron chi connectivity index (χ3n) is 2.67. The molecule has 0 aliphatic carbocycles. The molecule has 0 aliphatic rings. The van der Waals surface area contributed by atoms with E-state index in [1.165, 1.54) is 6.07 Å². The molecule has 0 unspecified atom stereocenters. The summed E-state index contributed by atoms with van der Waals surface area (Å²) in [5.74, 6) is -0.264. The van der Waals surface area contributed by atoms with Gasteiger partial charge >= 0.3 is 6.61 Å². The molecule has 2 rings (SSSR count). The highest BCUT2D eigenvalue weighted by Crippen LogP contribution is 2.28. The van der Waals surface area contributed by atoms with Crippen molar-refractivity contribution >= 4 is 6.29 Å². The Kier molecular flexibility index (Phi) is 4.81. The van der Waals surface area contributed by atoms with Crippen LogP contribution in [0.5, 0.6) is 11.6 Å². The minimum absolute atomic E-state index is 0.0236. The molecule has 21 heavy (non-hydrogen) atoms. The van der Waals surface area contributed by atoms with Gasteiger partial charge in [-0.1, -0.05) is 30.3 Å². The molecule has 1 heterocycles. The Morgan fingerprint density at radius 3 is 2.62 bits per heavy atom. The van der Waals surface area contributed by atoms with Gasteiger partial charge in [0.25, 0.3) is 0 Å². The average molecular weight is 293 g/mol. The van der Waals surface area contributed by atoms with Crippen LogP contribution >= 0.6 is 0 Å². The predicted molar refractivity (Wildman–Crippen MR) is 71.8 cm³/mol. The molecular weight excluding hydrogens is 280 g/mol. The Morgan fingerprint density at radius 2 is 2.00 bits per heavy atom. The van der Waals surface area contributed by atoms with Gasteiger partial charge in [0.2, 0.25) is 5.88 Å². The van der Waals surface area contributed by atoms with Crippen LogP contribution in [0, 0.1) is 6.92 Å². The molecule has 6 heteroatoms. The molecule has 1 aromatic heterocycles. The van der Waals surface area contributed by atoms with Crippen molar-refractivity contribution < 1.29 is 23.0 Å². The number of carbonyl (C=O) groups excluding carboxylic acids is 1. The molecule has 0 radical (unpaired) electrons. The van der Waals surface area contributed by atoms with Crippen LogP contribution < -0.4 is 9.47 Å². The molecule has 0 atom stereocenters. The maximum Gasteiger partial charge on any atom is 0.387 e. The Hall–Kier alpha value is -2.50. The van der Waals surface area contributed by atoms with Crippen LogP contribution in [0.4, 0.5) is 8.78 Å². The van der Waals surface area contributed by atoms with Crippen molar-refractivity contribution in [2.24, 2.45) is 0 Å². The molecule has 110 valence electrons. The minimum Gasteiger partial charge on any atom is -0.472 e. The third kappa shape index (κ3) is 3.98. The highest BCUT2D eigenvalue weighted by Gasteiger charge is 2.17. The lowest BCUT2D eigenvalue weighted by atomic mass is 10.2. The summed E-state index contributed by atoms with van der Waals surface area (Å²) < 4.78 is 34.5. The monoisotopic (exact) mass is 293 g/mol. The van der Waals surface area contributed by atoms with Gasteiger partial charge in [-0.3, -0.25) is 4.79 Å². The van der Waals surface area contributed by atoms with Crippen LogP contribution in [0.3, 0.4) is 0 Å². The maximum absolute atomic E-state index is 12.4. The van der Waals surface area contributed by atoms with E-state index in [-0.39, 0.29) is 23.8 Å². The highest BCUT2D eigenvalue weighted by atomic mass is 19.3. The summed E-state index contributed by atoms with van der Waals surface area (Å²) in [4.78, 5) is 15.2. The Bertz CT molecular complexity index is 618. The number of nitrogens with zero attached hydrogens (tertiary/aromatic N) is 1. The van der Waals surface area contributed by atoms with E-state index < -0.39 is 6.61 Å². The van der Waals surface area contributed by atoms with Gasteiger partial charge in [0, 0.05) is 11.8 Å². The fourth-order valence-corrected chi connectivity index (χ4v) is 1.76. The van der Waals surface area contributed by atoms with Gasteiger partial charge in [0.15, 0.2) is 6.29 Å². The number of carbonyl (C=O) groups is 1. The van der Waals surface area contributed by atoms with Crippen molar-refractivity contribution in [3.8, 4) is 11.6 Å². The quantitative estimate of drug-likeness (QED) is 0.766. The standard InChI is InChI=1S/C15H13F2NO3/c1-10-7-13(21-15(16)17)12(8-19)14(18-10)20-9-11-5-3-2-4-6-11/h2-8,15H,9H2,1H3. The summed E-state index contributed by atoms with van der Waals surface area (Å²) in [6.07, 6.45) is 0.393. The topological polar surface area (TPSA) is 48.4 Å². The zero-order chi connectivity index (χ0) is 15.2. The summed E-state index contributed by atoms with van der Waals surface area (Å²) in [6, 6.07) is 10.5. The number of pyridine rings is 1. The van der Waals surface area contributed by atoms with E-state index in [0.29, 0.717) is 12.0 Å². The number of rotatable bonds is 6. The number of alkyl halides is 2. The summed E-state index contributed by atoms with van der Waals surface area (Å²) in [5, 5.41) is 0. The molecule has 0 aliphatic heterocycles. The Morgan fingerprint density at radius 1 is 1.29 bits per heavy atom. The van der Waals surface area contributed by atoms with E-state index in [9.17, 15) is 13.6 Å². The van der Waals surface area contributed by atoms with Crippen LogP contribution in [0.25, 0.3) is 0 Å². The van der Waals surface area contributed by atoms with Gasteiger partial charge in [0.1, 0.15) is 17.9 Å². The lowest BCUT2D eigenvalue weighted by molar-refractivity contribution is -0.0502. The van der Waals surface area contributed by atoms with E-state index >= 15 is 0 Å². The predicted octanol–water partition coefficient (Wildman–Crippen LogP) is 3.38. The van der Waals surface area contributed by atoms with Gasteiger partial charge in [-0.05, 0) is 12.5 Å². The summed E-state index contributed by atoms with van der Waals surface area (Å²) in [6.45, 7) is -1.25. The van der Waals surface area contributed by atoms with Crippen LogP contribution in [-0.4, -0.2) is 17.9 Å². The van der Waals surface area contributed by atoms with Gasteiger partial charge in [-0.15, -0.1) is 0 Å². The molecular formula is C15H13F2NO3. The third-order valence-corrected chi connectivity index (χ3v) is 2.67. The van der Waals surface area contributed by atoms with Crippen molar-refractivity contribution in [1.29, 1.82) is 0 Å². The summed E-state index contributed by atoms with van der Waals surface area (Å²) in [5.41, 5.74) is 1.16. The van der Waals surface area contributed by atoms with E-state index in [2.05, 4.69) is 9.72 Å². The molecule has 0 fully saturated rings. The van der Waals surface area contributed by atoms with Crippen molar-refractivity contribution in [2.45, 2.75) is 20.1 Å². The minimum atomic E-state index is -3.02. The number of halogens is 2. The zero-order valence-corrected chi connectivity index (χ0v) is 11.3. The smallest absolute Gasteiger partial charge is 0.387 e. The molecule has 0 spiro atoms. The fourth-order valence-electron chi connectivity index (χ4n) is 1.76. The van der Waals surface area contributed by atoms with Crippen LogP contribution in [0.2, 0.25) is 0 Å². The molecule has 1 aromatic carbocycles. The van der Waals surface area contributed by atoms with Gasteiger partial charge in [-0.2, -0.15) is 8.78 Å². The first-order chi connectivity index (χ1) is 10.1. The maximum atomic E-state index is 12.4. The number of hydrogen-bond donors (Lipinski definition) is 0. The summed E-state index contributed by atoms with van der Waals surface area (Å²) in [7, 11) is 0. The van der Waals surface area contributed by atoms with Crippen molar-refractivity contribution in [3.05, 3.63) is 53.2 Å². The number of aromatic nitrogens is 1. The Balaban J connectivity index is 2.25. The van der Waals surface area contributed by atoms with Crippen LogP contribution in [0.15, 0.2) is 36.4 Å². The zero-order valence-electron chi connectivity index (χ0n) is 11.3. The number of hydrogen-bond acceptors (Lipinski definition) is 4.